The summed E-state index contributed by atoms with van der Waals surface area (Å²) in [6.07, 6.45) is -0.412. The Morgan fingerprint density at radius 2 is 1.81 bits per heavy atom. The molecule has 10 heteroatoms. The lowest BCUT2D eigenvalue weighted by molar-refractivity contribution is -0.396. The third-order valence-corrected chi connectivity index (χ3v) is 2.13. The van der Waals surface area contributed by atoms with E-state index >= 15 is 0 Å². The molecule has 0 aliphatic heterocycles. The van der Waals surface area contributed by atoms with Gasteiger partial charge in [0, 0.05) is 6.07 Å². The molecule has 0 radical (unpaired) electrons. The van der Waals surface area contributed by atoms with E-state index in [1.807, 2.05) is 0 Å². The fourth-order valence-corrected chi connectivity index (χ4v) is 1.36. The number of hydrogen-bond donors (Lipinski definition) is 0. The monoisotopic (exact) mass is 302 g/mol. The van der Waals surface area contributed by atoms with Crippen molar-refractivity contribution < 1.29 is 28.5 Å². The van der Waals surface area contributed by atoms with Crippen LogP contribution in [0.25, 0.3) is 0 Å². The largest absolute Gasteiger partial charge is 0.475 e. The molecule has 0 amide bonds. The van der Waals surface area contributed by atoms with E-state index in [1.54, 1.807) is 13.8 Å². The summed E-state index contributed by atoms with van der Waals surface area (Å²) >= 11 is 0. The number of halogens is 1. The highest BCUT2D eigenvalue weighted by atomic mass is 19.1. The first-order chi connectivity index (χ1) is 9.72. The van der Waals surface area contributed by atoms with Gasteiger partial charge in [-0.25, -0.2) is 4.79 Å². The van der Waals surface area contributed by atoms with Crippen LogP contribution in [-0.2, 0) is 9.53 Å². The lowest BCUT2D eigenvalue weighted by Gasteiger charge is -2.09. The van der Waals surface area contributed by atoms with Crippen LogP contribution in [0, 0.1) is 26.0 Å². The van der Waals surface area contributed by atoms with Crippen LogP contribution in [-0.4, -0.2) is 28.5 Å². The smallest absolute Gasteiger partial charge is 0.344 e. The van der Waals surface area contributed by atoms with Crippen molar-refractivity contribution in [3.8, 4) is 5.75 Å². The van der Waals surface area contributed by atoms with Crippen molar-refractivity contribution in [2.45, 2.75) is 20.0 Å². The maximum absolute atomic E-state index is 13.4. The summed E-state index contributed by atoms with van der Waals surface area (Å²) < 4.78 is 22.9. The molecule has 0 aliphatic carbocycles. The summed E-state index contributed by atoms with van der Waals surface area (Å²) in [6.45, 7) is 2.49. The lowest BCUT2D eigenvalue weighted by Crippen LogP contribution is -2.19. The Morgan fingerprint density at radius 1 is 1.24 bits per heavy atom. The van der Waals surface area contributed by atoms with E-state index in [0.29, 0.717) is 12.1 Å². The van der Waals surface area contributed by atoms with Gasteiger partial charge in [-0.1, -0.05) is 0 Å². The predicted octanol–water partition coefficient (Wildman–Crippen LogP) is 1.97. The molecule has 1 rings (SSSR count). The van der Waals surface area contributed by atoms with Crippen LogP contribution in [0.2, 0.25) is 0 Å². The normalized spacial score (nSPS) is 10.3. The molecule has 0 fully saturated rings. The number of benzene rings is 1. The van der Waals surface area contributed by atoms with Crippen LogP contribution >= 0.6 is 0 Å². The third kappa shape index (κ3) is 4.37. The van der Waals surface area contributed by atoms with Crippen molar-refractivity contribution >= 4 is 17.3 Å². The summed E-state index contributed by atoms with van der Waals surface area (Å²) in [6, 6.07) is 0.914. The van der Waals surface area contributed by atoms with E-state index in [-0.39, 0.29) is 0 Å². The van der Waals surface area contributed by atoms with Gasteiger partial charge in [-0.3, -0.25) is 20.2 Å². The van der Waals surface area contributed by atoms with E-state index in [9.17, 15) is 29.4 Å². The molecule has 0 bridgehead atoms. The average molecular weight is 302 g/mol. The second-order valence-electron chi connectivity index (χ2n) is 4.11. The van der Waals surface area contributed by atoms with Crippen molar-refractivity contribution in [1.29, 1.82) is 0 Å². The first kappa shape index (κ1) is 16.3. The maximum atomic E-state index is 13.4. The Balaban J connectivity index is 3.01. The molecule has 0 aromatic heterocycles. The van der Waals surface area contributed by atoms with Gasteiger partial charge in [0.25, 0.3) is 0 Å². The van der Waals surface area contributed by atoms with Gasteiger partial charge in [-0.05, 0) is 13.8 Å². The third-order valence-electron chi connectivity index (χ3n) is 2.13. The summed E-state index contributed by atoms with van der Waals surface area (Å²) in [4.78, 5) is 30.5. The van der Waals surface area contributed by atoms with Gasteiger partial charge in [-0.2, -0.15) is 4.39 Å². The first-order valence-corrected chi connectivity index (χ1v) is 5.67. The number of hydrogen-bond acceptors (Lipinski definition) is 7. The minimum atomic E-state index is -1.31. The quantitative estimate of drug-likeness (QED) is 0.447. The molecular formula is C11H11FN2O7. The predicted molar refractivity (Wildman–Crippen MR) is 66.4 cm³/mol. The lowest BCUT2D eigenvalue weighted by atomic mass is 10.2. The number of nitrogens with zero attached hydrogens (tertiary/aromatic N) is 2. The first-order valence-electron chi connectivity index (χ1n) is 5.67. The number of rotatable bonds is 6. The molecule has 0 N–H and O–H groups in total. The Labute approximate surface area is 117 Å². The zero-order valence-electron chi connectivity index (χ0n) is 11.1. The zero-order chi connectivity index (χ0) is 16.2. The fourth-order valence-electron chi connectivity index (χ4n) is 1.36. The van der Waals surface area contributed by atoms with Crippen LogP contribution in [0.4, 0.5) is 15.8 Å². The van der Waals surface area contributed by atoms with Crippen molar-refractivity contribution in [3.05, 3.63) is 38.2 Å². The highest BCUT2D eigenvalue weighted by Gasteiger charge is 2.26. The number of carbonyl (C=O) groups is 1. The van der Waals surface area contributed by atoms with E-state index in [1.165, 1.54) is 0 Å². The van der Waals surface area contributed by atoms with Crippen molar-refractivity contribution in [1.82, 2.24) is 0 Å². The highest BCUT2D eigenvalue weighted by Crippen LogP contribution is 2.33. The Hall–Kier alpha value is -2.78. The molecule has 0 saturated heterocycles. The minimum Gasteiger partial charge on any atom is -0.475 e. The average Bonchev–Trinajstić information content (AvgIpc) is 2.34. The van der Waals surface area contributed by atoms with Crippen molar-refractivity contribution in [2.24, 2.45) is 0 Å². The molecule has 9 nitrogen and oxygen atoms in total. The minimum absolute atomic E-state index is 0.412. The number of carbonyl (C=O) groups excluding carboxylic acids is 1. The van der Waals surface area contributed by atoms with Crippen LogP contribution < -0.4 is 4.74 Å². The van der Waals surface area contributed by atoms with Gasteiger partial charge in [0.15, 0.2) is 6.61 Å². The fraction of sp³-hybridized carbons (Fsp3) is 0.364. The molecule has 0 aliphatic rings. The number of ether oxygens (including phenoxy) is 2. The molecule has 0 spiro atoms. The van der Waals surface area contributed by atoms with Gasteiger partial charge in [0.2, 0.25) is 11.6 Å². The molecule has 0 heterocycles. The van der Waals surface area contributed by atoms with Crippen molar-refractivity contribution in [3.63, 3.8) is 0 Å². The van der Waals surface area contributed by atoms with E-state index in [2.05, 4.69) is 0 Å². The number of nitro benzene ring substituents is 2. The highest BCUT2D eigenvalue weighted by molar-refractivity contribution is 5.71. The second-order valence-corrected chi connectivity index (χ2v) is 4.11. The zero-order valence-corrected chi connectivity index (χ0v) is 11.1. The van der Waals surface area contributed by atoms with E-state index < -0.39 is 51.5 Å². The summed E-state index contributed by atoms with van der Waals surface area (Å²) in [5.74, 6) is -2.71. The molecule has 1 aromatic carbocycles. The molecule has 21 heavy (non-hydrogen) atoms. The van der Waals surface area contributed by atoms with Gasteiger partial charge >= 0.3 is 17.3 Å². The Morgan fingerprint density at radius 3 is 2.29 bits per heavy atom. The molecule has 0 atom stereocenters. The SMILES string of the molecule is CC(C)OC(=O)COc1cc(F)c([N+](=O)[O-])cc1[N+](=O)[O-]. The van der Waals surface area contributed by atoms with Gasteiger partial charge in [-0.15, -0.1) is 0 Å². The maximum Gasteiger partial charge on any atom is 0.344 e. The summed E-state index contributed by atoms with van der Waals surface area (Å²) in [5, 5.41) is 21.3. The van der Waals surface area contributed by atoms with Crippen LogP contribution in [0.15, 0.2) is 12.1 Å². The van der Waals surface area contributed by atoms with Crippen LogP contribution in [0.5, 0.6) is 5.75 Å². The standard InChI is InChI=1S/C11H11FN2O7/c1-6(2)21-11(15)5-20-10-3-7(12)8(13(16)17)4-9(10)14(18)19/h3-4,6H,5H2,1-2H3. The van der Waals surface area contributed by atoms with Crippen LogP contribution in [0.3, 0.4) is 0 Å². The second kappa shape index (κ2) is 6.59. The Kier molecular flexibility index (Phi) is 5.11. The topological polar surface area (TPSA) is 122 Å². The summed E-state index contributed by atoms with van der Waals surface area (Å²) in [5.41, 5.74) is -1.88. The molecule has 0 unspecified atom stereocenters. The van der Waals surface area contributed by atoms with E-state index in [0.717, 1.165) is 0 Å². The number of esters is 1. The Bertz CT molecular complexity index is 588. The molecular weight excluding hydrogens is 291 g/mol. The molecule has 114 valence electrons. The van der Waals surface area contributed by atoms with Crippen molar-refractivity contribution in [2.75, 3.05) is 6.61 Å². The molecule has 1 aromatic rings. The van der Waals surface area contributed by atoms with Crippen LogP contribution in [0.1, 0.15) is 13.8 Å². The van der Waals surface area contributed by atoms with Gasteiger partial charge < -0.3 is 9.47 Å². The van der Waals surface area contributed by atoms with Gasteiger partial charge in [0.1, 0.15) is 6.07 Å². The summed E-state index contributed by atoms with van der Waals surface area (Å²) in [7, 11) is 0. The molecule has 0 saturated carbocycles. The van der Waals surface area contributed by atoms with Gasteiger partial charge in [0.05, 0.1) is 16.0 Å². The van der Waals surface area contributed by atoms with E-state index in [4.69, 9.17) is 9.47 Å². The number of nitro groups is 2.